The summed E-state index contributed by atoms with van der Waals surface area (Å²) in [6.45, 7) is 0.634. The second-order valence-electron chi connectivity index (χ2n) is 3.30. The van der Waals surface area contributed by atoms with Gasteiger partial charge in [-0.3, -0.25) is 0 Å². The zero-order chi connectivity index (χ0) is 10.1. The fraction of sp³-hybridized carbons (Fsp3) is 0.300. The summed E-state index contributed by atoms with van der Waals surface area (Å²) in [6, 6.07) is 3.02. The highest BCUT2D eigenvalue weighted by Gasteiger charge is 2.16. The van der Waals surface area contributed by atoms with Crippen molar-refractivity contribution in [2.75, 3.05) is 12.3 Å². The molecule has 1 aliphatic rings. The summed E-state index contributed by atoms with van der Waals surface area (Å²) >= 11 is 0. The average Bonchev–Trinajstić information content (AvgIpc) is 2.17. The summed E-state index contributed by atoms with van der Waals surface area (Å²) in [5, 5.41) is 8.80. The minimum absolute atomic E-state index is 0.183. The van der Waals surface area contributed by atoms with Crippen molar-refractivity contribution in [1.82, 2.24) is 0 Å². The van der Waals surface area contributed by atoms with Crippen LogP contribution in [0.2, 0.25) is 0 Å². The first kappa shape index (κ1) is 8.87. The Morgan fingerprint density at radius 1 is 1.50 bits per heavy atom. The lowest BCUT2D eigenvalue weighted by Gasteiger charge is -2.19. The first-order valence-corrected chi connectivity index (χ1v) is 4.47. The van der Waals surface area contributed by atoms with Gasteiger partial charge in [0.15, 0.2) is 0 Å². The lowest BCUT2D eigenvalue weighted by Crippen LogP contribution is -2.12. The number of nitrogens with two attached hydrogens (primary N) is 1. The second-order valence-corrected chi connectivity index (χ2v) is 3.30. The number of rotatable bonds is 1. The molecule has 1 aliphatic heterocycles. The van der Waals surface area contributed by atoms with Crippen LogP contribution in [0.3, 0.4) is 0 Å². The van der Waals surface area contributed by atoms with Crippen molar-refractivity contribution >= 4 is 11.7 Å². The van der Waals surface area contributed by atoms with E-state index in [9.17, 15) is 4.79 Å². The van der Waals surface area contributed by atoms with E-state index in [0.29, 0.717) is 18.0 Å². The summed E-state index contributed by atoms with van der Waals surface area (Å²) in [7, 11) is 0. The third-order valence-corrected chi connectivity index (χ3v) is 2.32. The van der Waals surface area contributed by atoms with Crippen molar-refractivity contribution in [2.45, 2.75) is 12.8 Å². The third-order valence-electron chi connectivity index (χ3n) is 2.32. The molecule has 0 unspecified atom stereocenters. The molecule has 74 valence electrons. The van der Waals surface area contributed by atoms with Crippen LogP contribution in [0.4, 0.5) is 5.69 Å². The predicted molar refractivity (Wildman–Crippen MR) is 51.6 cm³/mol. The van der Waals surface area contributed by atoms with Crippen LogP contribution in [0.15, 0.2) is 12.1 Å². The molecule has 4 nitrogen and oxygen atoms in total. The second kappa shape index (κ2) is 3.21. The van der Waals surface area contributed by atoms with Crippen LogP contribution in [0.5, 0.6) is 5.75 Å². The SMILES string of the molecule is Nc1cc(C(=O)O)cc2c1CCCO2. The van der Waals surface area contributed by atoms with Crippen LogP contribution in [0.1, 0.15) is 22.3 Å². The molecule has 3 N–H and O–H groups in total. The number of carboxylic acid groups (broad SMARTS) is 1. The van der Waals surface area contributed by atoms with Gasteiger partial charge in [-0.05, 0) is 25.0 Å². The van der Waals surface area contributed by atoms with E-state index in [4.69, 9.17) is 15.6 Å². The Labute approximate surface area is 81.3 Å². The van der Waals surface area contributed by atoms with Crippen LogP contribution >= 0.6 is 0 Å². The molecule has 1 aromatic carbocycles. The molecule has 0 radical (unpaired) electrons. The van der Waals surface area contributed by atoms with E-state index in [1.807, 2.05) is 0 Å². The number of carboxylic acids is 1. The number of hydrogen-bond acceptors (Lipinski definition) is 3. The van der Waals surface area contributed by atoms with Crippen LogP contribution in [-0.2, 0) is 6.42 Å². The van der Waals surface area contributed by atoms with Crippen LogP contribution in [-0.4, -0.2) is 17.7 Å². The number of carbonyl (C=O) groups is 1. The minimum atomic E-state index is -0.978. The Hall–Kier alpha value is -1.71. The Morgan fingerprint density at radius 3 is 3.00 bits per heavy atom. The van der Waals surface area contributed by atoms with Crippen LogP contribution in [0.25, 0.3) is 0 Å². The maximum Gasteiger partial charge on any atom is 0.335 e. The molecule has 0 spiro atoms. The van der Waals surface area contributed by atoms with E-state index in [1.165, 1.54) is 12.1 Å². The molecule has 2 rings (SSSR count). The van der Waals surface area contributed by atoms with Gasteiger partial charge in [0, 0.05) is 11.3 Å². The van der Waals surface area contributed by atoms with Gasteiger partial charge in [0.05, 0.1) is 12.2 Å². The van der Waals surface area contributed by atoms with E-state index in [0.717, 1.165) is 18.4 Å². The van der Waals surface area contributed by atoms with Gasteiger partial charge in [-0.1, -0.05) is 0 Å². The van der Waals surface area contributed by atoms with Gasteiger partial charge in [0.1, 0.15) is 5.75 Å². The van der Waals surface area contributed by atoms with E-state index in [2.05, 4.69) is 0 Å². The number of ether oxygens (including phenoxy) is 1. The molecule has 4 heteroatoms. The van der Waals surface area contributed by atoms with Gasteiger partial charge in [-0.25, -0.2) is 4.79 Å². The summed E-state index contributed by atoms with van der Waals surface area (Å²) < 4.78 is 5.35. The van der Waals surface area contributed by atoms with Crippen molar-refractivity contribution in [2.24, 2.45) is 0 Å². The Balaban J connectivity index is 2.51. The highest BCUT2D eigenvalue weighted by molar-refractivity contribution is 5.90. The lowest BCUT2D eigenvalue weighted by atomic mass is 10.0. The first-order chi connectivity index (χ1) is 6.68. The molecule has 0 aliphatic carbocycles. The fourth-order valence-electron chi connectivity index (χ4n) is 1.62. The van der Waals surface area contributed by atoms with Gasteiger partial charge in [-0.15, -0.1) is 0 Å². The Kier molecular flexibility index (Phi) is 2.04. The monoisotopic (exact) mass is 193 g/mol. The molecule has 0 atom stereocenters. The molecule has 0 bridgehead atoms. The first-order valence-electron chi connectivity index (χ1n) is 4.47. The number of hydrogen-bond donors (Lipinski definition) is 2. The van der Waals surface area contributed by atoms with E-state index in [-0.39, 0.29) is 5.56 Å². The summed E-state index contributed by atoms with van der Waals surface area (Å²) in [4.78, 5) is 10.7. The van der Waals surface area contributed by atoms with E-state index < -0.39 is 5.97 Å². The van der Waals surface area contributed by atoms with E-state index >= 15 is 0 Å². The molecule has 0 fully saturated rings. The summed E-state index contributed by atoms with van der Waals surface area (Å²) in [5.41, 5.74) is 7.37. The van der Waals surface area contributed by atoms with Crippen molar-refractivity contribution in [3.8, 4) is 5.75 Å². The van der Waals surface area contributed by atoms with Gasteiger partial charge >= 0.3 is 5.97 Å². The molecule has 1 heterocycles. The Bertz CT molecular complexity index is 387. The molecule has 0 amide bonds. The predicted octanol–water partition coefficient (Wildman–Crippen LogP) is 1.29. The third kappa shape index (κ3) is 1.39. The van der Waals surface area contributed by atoms with Crippen LogP contribution in [0, 0.1) is 0 Å². The van der Waals surface area contributed by atoms with E-state index in [1.54, 1.807) is 0 Å². The molecular formula is C10H11NO3. The topological polar surface area (TPSA) is 72.6 Å². The molecular weight excluding hydrogens is 182 g/mol. The summed E-state index contributed by atoms with van der Waals surface area (Å²) in [5.74, 6) is -0.359. The Morgan fingerprint density at radius 2 is 2.29 bits per heavy atom. The lowest BCUT2D eigenvalue weighted by molar-refractivity contribution is 0.0696. The quantitative estimate of drug-likeness (QED) is 0.659. The van der Waals surface area contributed by atoms with Crippen LogP contribution < -0.4 is 10.5 Å². The summed E-state index contributed by atoms with van der Waals surface area (Å²) in [6.07, 6.45) is 1.80. The zero-order valence-electron chi connectivity index (χ0n) is 7.62. The standard InChI is InChI=1S/C10H11NO3/c11-8-4-6(10(12)13)5-9-7(8)2-1-3-14-9/h4-5H,1-3,11H2,(H,12,13). The van der Waals surface area contributed by atoms with Gasteiger partial charge < -0.3 is 15.6 Å². The maximum atomic E-state index is 10.7. The van der Waals surface area contributed by atoms with Gasteiger partial charge in [-0.2, -0.15) is 0 Å². The van der Waals surface area contributed by atoms with Crippen molar-refractivity contribution < 1.29 is 14.6 Å². The fourth-order valence-corrected chi connectivity index (χ4v) is 1.62. The van der Waals surface area contributed by atoms with Gasteiger partial charge in [0.25, 0.3) is 0 Å². The van der Waals surface area contributed by atoms with Crippen molar-refractivity contribution in [3.63, 3.8) is 0 Å². The largest absolute Gasteiger partial charge is 0.493 e. The number of nitrogen functional groups attached to an aromatic ring is 1. The molecule has 14 heavy (non-hydrogen) atoms. The van der Waals surface area contributed by atoms with Crippen molar-refractivity contribution in [1.29, 1.82) is 0 Å². The average molecular weight is 193 g/mol. The number of anilines is 1. The highest BCUT2D eigenvalue weighted by atomic mass is 16.5. The minimum Gasteiger partial charge on any atom is -0.493 e. The normalized spacial score (nSPS) is 14.3. The van der Waals surface area contributed by atoms with Crippen molar-refractivity contribution in [3.05, 3.63) is 23.3 Å². The highest BCUT2D eigenvalue weighted by Crippen LogP contribution is 2.31. The smallest absolute Gasteiger partial charge is 0.335 e. The number of benzene rings is 1. The van der Waals surface area contributed by atoms with Gasteiger partial charge in [0.2, 0.25) is 0 Å². The number of fused-ring (bicyclic) bond motifs is 1. The molecule has 1 aromatic rings. The molecule has 0 aromatic heterocycles. The maximum absolute atomic E-state index is 10.7. The molecule has 0 saturated carbocycles. The zero-order valence-corrected chi connectivity index (χ0v) is 7.62. The number of aromatic carboxylic acids is 1. The molecule has 0 saturated heterocycles.